The number of rotatable bonds is 2. The van der Waals surface area contributed by atoms with Crippen molar-refractivity contribution in [1.29, 1.82) is 5.26 Å². The van der Waals surface area contributed by atoms with E-state index in [1.165, 1.54) is 25.1 Å². The minimum absolute atomic E-state index is 0.147. The third-order valence-corrected chi connectivity index (χ3v) is 1.79. The average Bonchev–Trinajstić information content (AvgIpc) is 2.16. The predicted octanol–water partition coefficient (Wildman–Crippen LogP) is -0.559. The highest BCUT2D eigenvalue weighted by Gasteiger charge is 2.14. The molecule has 0 atom stereocenters. The van der Waals surface area contributed by atoms with E-state index in [1.807, 2.05) is 6.07 Å². The van der Waals surface area contributed by atoms with Gasteiger partial charge in [-0.3, -0.25) is 4.79 Å². The minimum Gasteiger partial charge on any atom is -0.423 e. The van der Waals surface area contributed by atoms with Crippen LogP contribution in [0.3, 0.4) is 0 Å². The second kappa shape index (κ2) is 4.05. The molecule has 0 amide bonds. The van der Waals surface area contributed by atoms with Crippen LogP contribution in [0.15, 0.2) is 18.2 Å². The van der Waals surface area contributed by atoms with Crippen molar-refractivity contribution < 1.29 is 14.8 Å². The monoisotopic (exact) mass is 189 g/mol. The molecule has 0 aliphatic heterocycles. The van der Waals surface area contributed by atoms with Crippen molar-refractivity contribution in [2.24, 2.45) is 0 Å². The second-order valence-electron chi connectivity index (χ2n) is 2.89. The molecule has 0 saturated heterocycles. The van der Waals surface area contributed by atoms with E-state index in [-0.39, 0.29) is 16.8 Å². The number of carbonyl (C=O) groups is 1. The van der Waals surface area contributed by atoms with Crippen molar-refractivity contribution in [1.82, 2.24) is 0 Å². The maximum atomic E-state index is 11.0. The fourth-order valence-electron chi connectivity index (χ4n) is 1.07. The summed E-state index contributed by atoms with van der Waals surface area (Å²) in [4.78, 5) is 11.0. The van der Waals surface area contributed by atoms with Gasteiger partial charge in [-0.15, -0.1) is 0 Å². The first-order valence-electron chi connectivity index (χ1n) is 3.96. The molecule has 2 N–H and O–H groups in total. The Morgan fingerprint density at radius 3 is 2.50 bits per heavy atom. The van der Waals surface area contributed by atoms with Gasteiger partial charge in [0, 0.05) is 5.56 Å². The van der Waals surface area contributed by atoms with Crippen molar-refractivity contribution in [2.45, 2.75) is 6.92 Å². The maximum absolute atomic E-state index is 11.0. The summed E-state index contributed by atoms with van der Waals surface area (Å²) in [5, 5.41) is 26.4. The van der Waals surface area contributed by atoms with Crippen LogP contribution in [0.2, 0.25) is 0 Å². The zero-order valence-electron chi connectivity index (χ0n) is 7.56. The average molecular weight is 189 g/mol. The Balaban J connectivity index is 3.29. The summed E-state index contributed by atoms with van der Waals surface area (Å²) in [6, 6.07) is 5.94. The standard InChI is InChI=1S/C9H8BNO3/c1-6(12)8-2-7(5-11)3-9(4-8)10(13)14/h2-4,13-14H,1H3. The van der Waals surface area contributed by atoms with E-state index in [4.69, 9.17) is 15.3 Å². The SMILES string of the molecule is CC(=O)c1cc(C#N)cc(B(O)O)c1. The van der Waals surface area contributed by atoms with Gasteiger partial charge in [-0.2, -0.15) is 5.26 Å². The van der Waals surface area contributed by atoms with Gasteiger partial charge in [-0.1, -0.05) is 6.07 Å². The minimum atomic E-state index is -1.67. The molecule has 1 rings (SSSR count). The summed E-state index contributed by atoms with van der Waals surface area (Å²) in [6.07, 6.45) is 0. The van der Waals surface area contributed by atoms with Gasteiger partial charge in [-0.05, 0) is 24.5 Å². The van der Waals surface area contributed by atoms with Gasteiger partial charge in [0.15, 0.2) is 5.78 Å². The Kier molecular flexibility index (Phi) is 3.02. The van der Waals surface area contributed by atoms with E-state index in [9.17, 15) is 4.79 Å². The fraction of sp³-hybridized carbons (Fsp3) is 0.111. The molecule has 0 fully saturated rings. The first-order valence-corrected chi connectivity index (χ1v) is 3.96. The summed E-state index contributed by atoms with van der Waals surface area (Å²) in [6.45, 7) is 1.35. The molecule has 0 radical (unpaired) electrons. The van der Waals surface area contributed by atoms with Gasteiger partial charge in [-0.25, -0.2) is 0 Å². The highest BCUT2D eigenvalue weighted by Crippen LogP contribution is 2.03. The predicted molar refractivity (Wildman–Crippen MR) is 51.0 cm³/mol. The van der Waals surface area contributed by atoms with Gasteiger partial charge in [0.05, 0.1) is 11.6 Å². The number of hydrogen-bond donors (Lipinski definition) is 2. The molecule has 0 aliphatic rings. The van der Waals surface area contributed by atoms with Gasteiger partial charge in [0.25, 0.3) is 0 Å². The molecule has 1 aromatic carbocycles. The molecule has 0 spiro atoms. The third kappa shape index (κ3) is 2.19. The number of carbonyl (C=O) groups excluding carboxylic acids is 1. The van der Waals surface area contributed by atoms with Crippen LogP contribution in [-0.2, 0) is 0 Å². The molecule has 0 saturated carbocycles. The van der Waals surface area contributed by atoms with Crippen molar-refractivity contribution >= 4 is 18.4 Å². The molecule has 0 bridgehead atoms. The maximum Gasteiger partial charge on any atom is 0.488 e. The van der Waals surface area contributed by atoms with Gasteiger partial charge >= 0.3 is 7.12 Å². The zero-order chi connectivity index (χ0) is 10.7. The van der Waals surface area contributed by atoms with E-state index in [0.717, 1.165) is 0 Å². The van der Waals surface area contributed by atoms with Crippen LogP contribution in [0, 0.1) is 11.3 Å². The second-order valence-corrected chi connectivity index (χ2v) is 2.89. The molecule has 0 aliphatic carbocycles. The molecule has 14 heavy (non-hydrogen) atoms. The Hall–Kier alpha value is -1.64. The van der Waals surface area contributed by atoms with E-state index in [1.54, 1.807) is 0 Å². The topological polar surface area (TPSA) is 81.3 Å². The van der Waals surface area contributed by atoms with Gasteiger partial charge in [0.1, 0.15) is 0 Å². The van der Waals surface area contributed by atoms with E-state index in [0.29, 0.717) is 5.56 Å². The van der Waals surface area contributed by atoms with Crippen LogP contribution in [0.4, 0.5) is 0 Å². The molecule has 0 aromatic heterocycles. The van der Waals surface area contributed by atoms with Crippen LogP contribution in [-0.4, -0.2) is 22.9 Å². The quantitative estimate of drug-likeness (QED) is 0.482. The summed E-state index contributed by atoms with van der Waals surface area (Å²) in [5.74, 6) is -0.219. The summed E-state index contributed by atoms with van der Waals surface area (Å²) < 4.78 is 0. The Morgan fingerprint density at radius 1 is 1.43 bits per heavy atom. The highest BCUT2D eigenvalue weighted by molar-refractivity contribution is 6.58. The molecule has 0 unspecified atom stereocenters. The van der Waals surface area contributed by atoms with Crippen LogP contribution in [0.1, 0.15) is 22.8 Å². The van der Waals surface area contributed by atoms with Gasteiger partial charge < -0.3 is 10.0 Å². The van der Waals surface area contributed by atoms with E-state index in [2.05, 4.69) is 0 Å². The number of nitriles is 1. The lowest BCUT2D eigenvalue weighted by Gasteiger charge is -2.02. The van der Waals surface area contributed by atoms with Crippen molar-refractivity contribution in [2.75, 3.05) is 0 Å². The first-order chi connectivity index (χ1) is 6.54. The molecule has 1 aromatic rings. The van der Waals surface area contributed by atoms with Crippen LogP contribution in [0.5, 0.6) is 0 Å². The zero-order valence-corrected chi connectivity index (χ0v) is 7.56. The molecule has 4 nitrogen and oxygen atoms in total. The Morgan fingerprint density at radius 2 is 2.07 bits per heavy atom. The summed E-state index contributed by atoms with van der Waals surface area (Å²) in [5.41, 5.74) is 0.683. The summed E-state index contributed by atoms with van der Waals surface area (Å²) in [7, 11) is -1.67. The van der Waals surface area contributed by atoms with Crippen LogP contribution < -0.4 is 5.46 Å². The largest absolute Gasteiger partial charge is 0.488 e. The number of Topliss-reactive ketones (excluding diaryl/α,β-unsaturated/α-hetero) is 1. The normalized spacial score (nSPS) is 9.29. The Labute approximate surface area is 81.6 Å². The van der Waals surface area contributed by atoms with E-state index >= 15 is 0 Å². The van der Waals surface area contributed by atoms with Crippen molar-refractivity contribution in [3.8, 4) is 6.07 Å². The van der Waals surface area contributed by atoms with Crippen molar-refractivity contribution in [3.05, 3.63) is 29.3 Å². The summed E-state index contributed by atoms with van der Waals surface area (Å²) >= 11 is 0. The van der Waals surface area contributed by atoms with E-state index < -0.39 is 7.12 Å². The first kappa shape index (κ1) is 10.4. The molecular formula is C9H8BNO3. The number of hydrogen-bond acceptors (Lipinski definition) is 4. The highest BCUT2D eigenvalue weighted by atomic mass is 16.4. The number of nitrogens with zero attached hydrogens (tertiary/aromatic N) is 1. The number of benzene rings is 1. The molecular weight excluding hydrogens is 181 g/mol. The molecule has 0 heterocycles. The number of ketones is 1. The Bertz CT molecular complexity index is 409. The lowest BCUT2D eigenvalue weighted by molar-refractivity contribution is 0.101. The van der Waals surface area contributed by atoms with Crippen LogP contribution in [0.25, 0.3) is 0 Å². The van der Waals surface area contributed by atoms with Crippen LogP contribution >= 0.6 is 0 Å². The fourth-order valence-corrected chi connectivity index (χ4v) is 1.07. The lowest BCUT2D eigenvalue weighted by Crippen LogP contribution is -2.30. The molecule has 70 valence electrons. The third-order valence-electron chi connectivity index (χ3n) is 1.79. The smallest absolute Gasteiger partial charge is 0.423 e. The lowest BCUT2D eigenvalue weighted by atomic mass is 9.78. The van der Waals surface area contributed by atoms with Crippen molar-refractivity contribution in [3.63, 3.8) is 0 Å². The molecule has 5 heteroatoms. The van der Waals surface area contributed by atoms with Gasteiger partial charge in [0.2, 0.25) is 0 Å².